The molecule has 0 spiro atoms. The predicted octanol–water partition coefficient (Wildman–Crippen LogP) is 3.30. The molecule has 2 heterocycles. The summed E-state index contributed by atoms with van der Waals surface area (Å²) in [7, 11) is 1.90. The van der Waals surface area contributed by atoms with E-state index in [1.54, 1.807) is 12.4 Å². The molecular weight excluding hydrogens is 334 g/mol. The number of rotatable bonds is 9. The van der Waals surface area contributed by atoms with Crippen molar-refractivity contribution in [3.63, 3.8) is 0 Å². The van der Waals surface area contributed by atoms with Crippen molar-refractivity contribution in [2.75, 3.05) is 5.75 Å². The lowest BCUT2D eigenvalue weighted by Crippen LogP contribution is -2.33. The number of hydrogen-bond acceptors (Lipinski definition) is 5. The summed E-state index contributed by atoms with van der Waals surface area (Å²) in [5.74, 6) is 1.84. The van der Waals surface area contributed by atoms with E-state index in [1.165, 1.54) is 18.2 Å². The van der Waals surface area contributed by atoms with E-state index in [2.05, 4.69) is 41.3 Å². The molecule has 25 heavy (non-hydrogen) atoms. The highest BCUT2D eigenvalue weighted by Crippen LogP contribution is 2.21. The Morgan fingerprint density at radius 2 is 2.08 bits per heavy atom. The molecule has 2 rings (SSSR count). The molecule has 1 atom stereocenters. The number of carbonyl (C=O) groups is 1. The minimum atomic E-state index is 0.0352. The van der Waals surface area contributed by atoms with Crippen molar-refractivity contribution >= 4 is 17.7 Å². The van der Waals surface area contributed by atoms with Crippen LogP contribution in [0.15, 0.2) is 29.7 Å². The number of carbonyl (C=O) groups excluding carboxylic acids is 1. The number of pyridine rings is 1. The molecule has 0 aliphatic heterocycles. The van der Waals surface area contributed by atoms with E-state index in [0.717, 1.165) is 29.4 Å². The van der Waals surface area contributed by atoms with Gasteiger partial charge in [0.1, 0.15) is 0 Å². The summed E-state index contributed by atoms with van der Waals surface area (Å²) in [5, 5.41) is 12.2. The van der Waals surface area contributed by atoms with Gasteiger partial charge in [0.15, 0.2) is 11.0 Å². The summed E-state index contributed by atoms with van der Waals surface area (Å²) in [6, 6.07) is 4.01. The van der Waals surface area contributed by atoms with E-state index in [9.17, 15) is 4.79 Å². The van der Waals surface area contributed by atoms with Gasteiger partial charge in [0.25, 0.3) is 0 Å². The van der Waals surface area contributed by atoms with Crippen LogP contribution in [0.25, 0.3) is 11.4 Å². The molecule has 1 N–H and O–H groups in total. The summed E-state index contributed by atoms with van der Waals surface area (Å²) >= 11 is 1.40. The lowest BCUT2D eigenvalue weighted by atomic mass is 10.0. The number of nitrogens with zero attached hydrogens (tertiary/aromatic N) is 4. The Morgan fingerprint density at radius 1 is 1.28 bits per heavy atom. The molecular formula is C18H27N5OS. The average Bonchev–Trinajstić information content (AvgIpc) is 2.94. The Morgan fingerprint density at radius 3 is 2.76 bits per heavy atom. The summed E-state index contributed by atoms with van der Waals surface area (Å²) in [4.78, 5) is 16.2. The molecule has 1 amide bonds. The molecule has 136 valence electrons. The first-order chi connectivity index (χ1) is 12.0. The lowest BCUT2D eigenvalue weighted by molar-refractivity contribution is -0.119. The zero-order valence-corrected chi connectivity index (χ0v) is 16.2. The van der Waals surface area contributed by atoms with Crippen LogP contribution < -0.4 is 5.32 Å². The van der Waals surface area contributed by atoms with E-state index >= 15 is 0 Å². The fourth-order valence-corrected chi connectivity index (χ4v) is 3.26. The second kappa shape index (κ2) is 9.56. The summed E-state index contributed by atoms with van der Waals surface area (Å²) in [6.07, 6.45) is 6.84. The normalized spacial score (nSPS) is 12.4. The van der Waals surface area contributed by atoms with Gasteiger partial charge in [-0.1, -0.05) is 38.5 Å². The maximum Gasteiger partial charge on any atom is 0.230 e. The van der Waals surface area contributed by atoms with Crippen LogP contribution in [0.1, 0.15) is 40.0 Å². The monoisotopic (exact) mass is 361 g/mol. The van der Waals surface area contributed by atoms with Crippen LogP contribution in [0.5, 0.6) is 0 Å². The number of nitrogens with one attached hydrogen (secondary N) is 1. The fraction of sp³-hybridized carbons (Fsp3) is 0.556. The van der Waals surface area contributed by atoms with Gasteiger partial charge in [-0.15, -0.1) is 10.2 Å². The largest absolute Gasteiger partial charge is 0.353 e. The van der Waals surface area contributed by atoms with Crippen LogP contribution in [-0.4, -0.2) is 37.5 Å². The molecule has 0 aliphatic carbocycles. The maximum absolute atomic E-state index is 12.1. The number of aromatic nitrogens is 4. The zero-order valence-electron chi connectivity index (χ0n) is 15.4. The SMILES string of the molecule is CC(C)CCCC(C)NC(=O)CSc1nnc(-c2cccnc2)n1C. The second-order valence-corrected chi connectivity index (χ2v) is 7.63. The quantitative estimate of drug-likeness (QED) is 0.694. The first-order valence-corrected chi connectivity index (χ1v) is 9.68. The Kier molecular flexibility index (Phi) is 7.43. The number of amides is 1. The van der Waals surface area contributed by atoms with Crippen molar-refractivity contribution in [1.29, 1.82) is 0 Å². The molecule has 0 saturated carbocycles. The first kappa shape index (κ1) is 19.4. The lowest BCUT2D eigenvalue weighted by Gasteiger charge is -2.14. The van der Waals surface area contributed by atoms with Crippen LogP contribution in [0, 0.1) is 5.92 Å². The van der Waals surface area contributed by atoms with Gasteiger partial charge in [0.2, 0.25) is 5.91 Å². The molecule has 0 fully saturated rings. The molecule has 0 aliphatic rings. The van der Waals surface area contributed by atoms with E-state index in [-0.39, 0.29) is 11.9 Å². The van der Waals surface area contributed by atoms with Crippen molar-refractivity contribution in [2.45, 2.75) is 51.2 Å². The summed E-state index contributed by atoms with van der Waals surface area (Å²) in [6.45, 7) is 6.51. The Bertz CT molecular complexity index is 671. The fourth-order valence-electron chi connectivity index (χ4n) is 2.54. The predicted molar refractivity (Wildman–Crippen MR) is 101 cm³/mol. The Labute approximate surface area is 153 Å². The van der Waals surface area contributed by atoms with Crippen molar-refractivity contribution in [1.82, 2.24) is 25.1 Å². The van der Waals surface area contributed by atoms with Gasteiger partial charge in [-0.2, -0.15) is 0 Å². The van der Waals surface area contributed by atoms with Crippen LogP contribution >= 0.6 is 11.8 Å². The van der Waals surface area contributed by atoms with Crippen molar-refractivity contribution < 1.29 is 4.79 Å². The number of thioether (sulfide) groups is 1. The molecule has 7 heteroatoms. The topological polar surface area (TPSA) is 72.7 Å². The van der Waals surface area contributed by atoms with E-state index in [0.29, 0.717) is 11.7 Å². The highest BCUT2D eigenvalue weighted by Gasteiger charge is 2.14. The molecule has 2 aromatic heterocycles. The van der Waals surface area contributed by atoms with Gasteiger partial charge in [0, 0.05) is 31.0 Å². The molecule has 2 aromatic rings. The van der Waals surface area contributed by atoms with Crippen molar-refractivity contribution in [2.24, 2.45) is 13.0 Å². The van der Waals surface area contributed by atoms with Gasteiger partial charge >= 0.3 is 0 Å². The van der Waals surface area contributed by atoms with Gasteiger partial charge in [-0.05, 0) is 31.4 Å². The second-order valence-electron chi connectivity index (χ2n) is 6.69. The van der Waals surface area contributed by atoms with Gasteiger partial charge in [-0.3, -0.25) is 9.78 Å². The summed E-state index contributed by atoms with van der Waals surface area (Å²) < 4.78 is 1.89. The standard InChI is InChI=1S/C18H27N5OS/c1-13(2)7-5-8-14(3)20-16(24)12-25-18-22-21-17(23(18)4)15-9-6-10-19-11-15/h6,9-11,13-14H,5,7-8,12H2,1-4H3,(H,20,24). The Hall–Kier alpha value is -1.89. The first-order valence-electron chi connectivity index (χ1n) is 8.69. The smallest absolute Gasteiger partial charge is 0.230 e. The van der Waals surface area contributed by atoms with Crippen molar-refractivity contribution in [3.8, 4) is 11.4 Å². The molecule has 1 unspecified atom stereocenters. The van der Waals surface area contributed by atoms with Gasteiger partial charge in [0.05, 0.1) is 5.75 Å². The van der Waals surface area contributed by atoms with E-state index in [4.69, 9.17) is 0 Å². The van der Waals surface area contributed by atoms with Crippen LogP contribution in [0.2, 0.25) is 0 Å². The van der Waals surface area contributed by atoms with Gasteiger partial charge in [-0.25, -0.2) is 0 Å². The van der Waals surface area contributed by atoms with E-state index < -0.39 is 0 Å². The van der Waals surface area contributed by atoms with Gasteiger partial charge < -0.3 is 9.88 Å². The third kappa shape index (κ3) is 6.16. The zero-order chi connectivity index (χ0) is 18.2. The molecule has 0 radical (unpaired) electrons. The van der Waals surface area contributed by atoms with Crippen LogP contribution in [0.4, 0.5) is 0 Å². The van der Waals surface area contributed by atoms with E-state index in [1.807, 2.05) is 23.7 Å². The summed E-state index contributed by atoms with van der Waals surface area (Å²) in [5.41, 5.74) is 0.910. The van der Waals surface area contributed by atoms with Crippen molar-refractivity contribution in [3.05, 3.63) is 24.5 Å². The molecule has 0 bridgehead atoms. The Balaban J connectivity index is 1.81. The van der Waals surface area contributed by atoms with Crippen LogP contribution in [0.3, 0.4) is 0 Å². The minimum absolute atomic E-state index is 0.0352. The minimum Gasteiger partial charge on any atom is -0.353 e. The third-order valence-electron chi connectivity index (χ3n) is 3.91. The number of hydrogen-bond donors (Lipinski definition) is 1. The average molecular weight is 362 g/mol. The molecule has 0 aromatic carbocycles. The van der Waals surface area contributed by atoms with Crippen LogP contribution in [-0.2, 0) is 11.8 Å². The molecule has 6 nitrogen and oxygen atoms in total. The maximum atomic E-state index is 12.1. The molecule has 0 saturated heterocycles. The highest BCUT2D eigenvalue weighted by atomic mass is 32.2. The highest BCUT2D eigenvalue weighted by molar-refractivity contribution is 7.99. The third-order valence-corrected chi connectivity index (χ3v) is 4.93.